The van der Waals surface area contributed by atoms with Gasteiger partial charge in [0.2, 0.25) is 5.43 Å². The van der Waals surface area contributed by atoms with Crippen LogP contribution in [0.3, 0.4) is 0 Å². The number of halogens is 1. The number of hydrogen-bond acceptors (Lipinski definition) is 5. The molecule has 0 unspecified atom stereocenters. The Kier molecular flexibility index (Phi) is 4.90. The fourth-order valence-electron chi connectivity index (χ4n) is 2.16. The molecular weight excluding hydrogens is 312 g/mol. The van der Waals surface area contributed by atoms with Crippen LogP contribution in [-0.2, 0) is 11.3 Å². The monoisotopic (exact) mass is 326 g/mol. The highest BCUT2D eigenvalue weighted by Crippen LogP contribution is 2.24. The lowest BCUT2D eigenvalue weighted by Crippen LogP contribution is -2.24. The van der Waals surface area contributed by atoms with Gasteiger partial charge >= 0.3 is 5.97 Å². The summed E-state index contributed by atoms with van der Waals surface area (Å²) in [5.41, 5.74) is 0.164. The second-order valence-corrected chi connectivity index (χ2v) is 5.37. The topological polar surface area (TPSA) is 61.2 Å². The molecule has 0 atom stereocenters. The minimum atomic E-state index is -0.606. The van der Waals surface area contributed by atoms with E-state index in [0.717, 1.165) is 0 Å². The summed E-state index contributed by atoms with van der Waals surface area (Å²) < 4.78 is 6.82. The minimum Gasteiger partial charge on any atom is -0.462 e. The molecule has 2 aromatic heterocycles. The highest BCUT2D eigenvalue weighted by Gasteiger charge is 2.23. The molecule has 21 heavy (non-hydrogen) atoms. The molecular formula is C14H15ClN2O3S. The highest BCUT2D eigenvalue weighted by molar-refractivity contribution is 7.98. The Balaban J connectivity index is 2.92. The highest BCUT2D eigenvalue weighted by atomic mass is 35.5. The van der Waals surface area contributed by atoms with Gasteiger partial charge in [0.15, 0.2) is 0 Å². The molecule has 0 amide bonds. The van der Waals surface area contributed by atoms with Crippen molar-refractivity contribution in [1.82, 2.24) is 9.55 Å². The number of carbonyl (C=O) groups excluding carboxylic acids is 1. The first-order valence-corrected chi connectivity index (χ1v) is 8.09. The van der Waals surface area contributed by atoms with E-state index in [9.17, 15) is 9.59 Å². The molecule has 0 saturated carbocycles. The Morgan fingerprint density at radius 3 is 2.71 bits per heavy atom. The van der Waals surface area contributed by atoms with Gasteiger partial charge in [0.1, 0.15) is 16.4 Å². The van der Waals surface area contributed by atoms with Gasteiger partial charge in [-0.1, -0.05) is 11.6 Å². The predicted molar refractivity (Wildman–Crippen MR) is 84.4 cm³/mol. The number of thioether (sulfide) groups is 1. The number of aryl methyl sites for hydroxylation is 1. The van der Waals surface area contributed by atoms with Gasteiger partial charge < -0.3 is 9.30 Å². The number of hydrogen-bond donors (Lipinski definition) is 0. The van der Waals surface area contributed by atoms with Crippen molar-refractivity contribution < 1.29 is 9.53 Å². The van der Waals surface area contributed by atoms with Crippen LogP contribution in [-0.4, -0.2) is 28.4 Å². The Morgan fingerprint density at radius 2 is 2.14 bits per heavy atom. The minimum absolute atomic E-state index is 0.0582. The largest absolute Gasteiger partial charge is 0.462 e. The first kappa shape index (κ1) is 15.9. The lowest BCUT2D eigenvalue weighted by atomic mass is 10.2. The number of carbonyl (C=O) groups is 1. The van der Waals surface area contributed by atoms with Gasteiger partial charge in [-0.15, -0.1) is 11.8 Å². The normalized spacial score (nSPS) is 10.9. The standard InChI is InChI=1S/C14H15ClN2O3S/c1-4-17-12-8(6-7-9(15)16-12)11(18)10(13(17)21-3)14(19)20-5-2/h6-7H,4-5H2,1-3H3. The van der Waals surface area contributed by atoms with Crippen molar-refractivity contribution in [2.45, 2.75) is 25.4 Å². The van der Waals surface area contributed by atoms with Crippen LogP contribution < -0.4 is 5.43 Å². The fourth-order valence-corrected chi connectivity index (χ4v) is 3.12. The lowest BCUT2D eigenvalue weighted by molar-refractivity contribution is 0.0519. The zero-order chi connectivity index (χ0) is 15.6. The van der Waals surface area contributed by atoms with Crippen LogP contribution in [0.5, 0.6) is 0 Å². The predicted octanol–water partition coefficient (Wildman–Crippen LogP) is 2.97. The number of nitrogens with zero attached hydrogens (tertiary/aromatic N) is 2. The third kappa shape index (κ3) is 2.78. The van der Waals surface area contributed by atoms with E-state index >= 15 is 0 Å². The molecule has 0 saturated heterocycles. The summed E-state index contributed by atoms with van der Waals surface area (Å²) in [5.74, 6) is -0.606. The molecule has 0 aliphatic carbocycles. The third-order valence-electron chi connectivity index (χ3n) is 3.02. The summed E-state index contributed by atoms with van der Waals surface area (Å²) in [5, 5.41) is 1.21. The van der Waals surface area contributed by atoms with Crippen LogP contribution in [0.15, 0.2) is 22.0 Å². The maximum absolute atomic E-state index is 12.6. The molecule has 112 valence electrons. The Morgan fingerprint density at radius 1 is 1.43 bits per heavy atom. The zero-order valence-electron chi connectivity index (χ0n) is 12.0. The van der Waals surface area contributed by atoms with Crippen molar-refractivity contribution in [3.05, 3.63) is 33.1 Å². The van der Waals surface area contributed by atoms with Gasteiger partial charge in [-0.2, -0.15) is 0 Å². The van der Waals surface area contributed by atoms with Crippen LogP contribution in [0.1, 0.15) is 24.2 Å². The molecule has 0 aromatic carbocycles. The number of esters is 1. The summed E-state index contributed by atoms with van der Waals surface area (Å²) in [7, 11) is 0. The Labute approximate surface area is 131 Å². The molecule has 0 N–H and O–H groups in total. The molecule has 0 fully saturated rings. The smallest absolute Gasteiger partial charge is 0.344 e. The van der Waals surface area contributed by atoms with Crippen LogP contribution in [0, 0.1) is 0 Å². The molecule has 0 aliphatic heterocycles. The van der Waals surface area contributed by atoms with Crippen molar-refractivity contribution in [3.8, 4) is 0 Å². The third-order valence-corrected chi connectivity index (χ3v) is 4.04. The van der Waals surface area contributed by atoms with E-state index in [-0.39, 0.29) is 17.6 Å². The molecule has 2 aromatic rings. The number of rotatable bonds is 4. The second-order valence-electron chi connectivity index (χ2n) is 4.18. The van der Waals surface area contributed by atoms with Gasteiger partial charge in [-0.05, 0) is 32.2 Å². The quantitative estimate of drug-likeness (QED) is 0.491. The number of pyridine rings is 2. The van der Waals surface area contributed by atoms with Crippen molar-refractivity contribution >= 4 is 40.4 Å². The van der Waals surface area contributed by atoms with Crippen LogP contribution in [0.25, 0.3) is 11.0 Å². The first-order chi connectivity index (χ1) is 10.0. The number of ether oxygens (including phenoxy) is 1. The molecule has 5 nitrogen and oxygen atoms in total. The summed E-state index contributed by atoms with van der Waals surface area (Å²) in [6.45, 7) is 4.40. The van der Waals surface area contributed by atoms with Crippen molar-refractivity contribution in [2.24, 2.45) is 0 Å². The van der Waals surface area contributed by atoms with Gasteiger partial charge in [-0.3, -0.25) is 4.79 Å². The summed E-state index contributed by atoms with van der Waals surface area (Å²) in [4.78, 5) is 28.9. The molecule has 7 heteroatoms. The lowest BCUT2D eigenvalue weighted by Gasteiger charge is -2.16. The van der Waals surface area contributed by atoms with Crippen LogP contribution >= 0.6 is 23.4 Å². The first-order valence-electron chi connectivity index (χ1n) is 6.49. The molecule has 2 heterocycles. The van der Waals surface area contributed by atoms with Crippen molar-refractivity contribution in [2.75, 3.05) is 12.9 Å². The summed E-state index contributed by atoms with van der Waals surface area (Å²) >= 11 is 7.24. The zero-order valence-corrected chi connectivity index (χ0v) is 13.5. The number of aromatic nitrogens is 2. The van der Waals surface area contributed by atoms with E-state index in [1.54, 1.807) is 29.9 Å². The Bertz CT molecular complexity index is 758. The van der Waals surface area contributed by atoms with Crippen molar-refractivity contribution in [1.29, 1.82) is 0 Å². The van der Waals surface area contributed by atoms with Gasteiger partial charge in [0.25, 0.3) is 0 Å². The SMILES string of the molecule is CCOC(=O)c1c(SC)n(CC)c2nc(Cl)ccc2c1=O. The van der Waals surface area contributed by atoms with Gasteiger partial charge in [-0.25, -0.2) is 9.78 Å². The summed E-state index contributed by atoms with van der Waals surface area (Å²) in [6.07, 6.45) is 1.81. The van der Waals surface area contributed by atoms with Crippen LogP contribution in [0.4, 0.5) is 0 Å². The van der Waals surface area contributed by atoms with Gasteiger partial charge in [0, 0.05) is 6.54 Å². The molecule has 0 radical (unpaired) electrons. The van der Waals surface area contributed by atoms with Crippen molar-refractivity contribution in [3.63, 3.8) is 0 Å². The van der Waals surface area contributed by atoms with E-state index in [4.69, 9.17) is 16.3 Å². The fraction of sp³-hybridized carbons (Fsp3) is 0.357. The Hall–Kier alpha value is -1.53. The molecule has 0 bridgehead atoms. The van der Waals surface area contributed by atoms with E-state index in [1.165, 1.54) is 11.8 Å². The molecule has 2 rings (SSSR count). The average Bonchev–Trinajstić information content (AvgIpc) is 2.46. The maximum atomic E-state index is 12.6. The summed E-state index contributed by atoms with van der Waals surface area (Å²) in [6, 6.07) is 3.13. The average molecular weight is 327 g/mol. The van der Waals surface area contributed by atoms with Crippen LogP contribution in [0.2, 0.25) is 5.15 Å². The van der Waals surface area contributed by atoms with Gasteiger partial charge in [0.05, 0.1) is 17.0 Å². The number of fused-ring (bicyclic) bond motifs is 1. The van der Waals surface area contributed by atoms with E-state index < -0.39 is 5.97 Å². The van der Waals surface area contributed by atoms with E-state index in [1.807, 2.05) is 6.92 Å². The molecule has 0 spiro atoms. The van der Waals surface area contributed by atoms with E-state index in [0.29, 0.717) is 27.8 Å². The second kappa shape index (κ2) is 6.49. The maximum Gasteiger partial charge on any atom is 0.344 e. The molecule has 0 aliphatic rings. The van der Waals surface area contributed by atoms with E-state index in [2.05, 4.69) is 4.98 Å².